The van der Waals surface area contributed by atoms with Crippen LogP contribution < -0.4 is 0 Å². The second kappa shape index (κ2) is 5.62. The molecule has 0 unspecified atom stereocenters. The molecule has 5 heteroatoms. The van der Waals surface area contributed by atoms with Crippen molar-refractivity contribution in [1.29, 1.82) is 5.26 Å². The second-order valence-corrected chi connectivity index (χ2v) is 2.89. The highest BCUT2D eigenvalue weighted by Crippen LogP contribution is 2.13. The summed E-state index contributed by atoms with van der Waals surface area (Å²) in [7, 11) is 0. The maximum Gasteiger partial charge on any atom is 0.384 e. The molecule has 17 heavy (non-hydrogen) atoms. The molecule has 3 nitrogen and oxygen atoms in total. The molecule has 0 aliphatic carbocycles. The zero-order valence-electron chi connectivity index (χ0n) is 8.88. The van der Waals surface area contributed by atoms with Gasteiger partial charge in [0.25, 0.3) is 0 Å². The third-order valence-electron chi connectivity index (χ3n) is 1.75. The number of esters is 1. The standard InChI is InChI=1S/C12H7F2NO2/c1-2-17-12(16)4-3-8-5-11(14)9(7-15)6-10(8)13/h5-6H,2H2,1H3. The maximum absolute atomic E-state index is 13.3. The molecule has 0 heterocycles. The minimum atomic E-state index is -0.887. The van der Waals surface area contributed by atoms with Crippen LogP contribution in [0.25, 0.3) is 0 Å². The van der Waals surface area contributed by atoms with E-state index in [0.29, 0.717) is 0 Å². The molecule has 0 spiro atoms. The molecule has 1 aromatic rings. The first kappa shape index (κ1) is 12.7. The van der Waals surface area contributed by atoms with Crippen LogP contribution in [-0.4, -0.2) is 12.6 Å². The second-order valence-electron chi connectivity index (χ2n) is 2.89. The summed E-state index contributed by atoms with van der Waals surface area (Å²) in [5, 5.41) is 8.46. The summed E-state index contributed by atoms with van der Waals surface area (Å²) < 4.78 is 30.9. The number of hydrogen-bond acceptors (Lipinski definition) is 3. The number of rotatable bonds is 1. The van der Waals surface area contributed by atoms with Crippen molar-refractivity contribution in [2.24, 2.45) is 0 Å². The number of nitriles is 1. The zero-order chi connectivity index (χ0) is 12.8. The molecule has 0 amide bonds. The van der Waals surface area contributed by atoms with Gasteiger partial charge in [-0.15, -0.1) is 0 Å². The summed E-state index contributed by atoms with van der Waals surface area (Å²) in [4.78, 5) is 10.9. The predicted octanol–water partition coefficient (Wildman–Crippen LogP) is 1.75. The molecule has 0 saturated carbocycles. The van der Waals surface area contributed by atoms with Crippen molar-refractivity contribution >= 4 is 5.97 Å². The first-order chi connectivity index (χ1) is 8.08. The number of benzene rings is 1. The van der Waals surface area contributed by atoms with Crippen LogP contribution in [-0.2, 0) is 9.53 Å². The van der Waals surface area contributed by atoms with Crippen LogP contribution in [0.1, 0.15) is 18.1 Å². The summed E-state index contributed by atoms with van der Waals surface area (Å²) in [6.07, 6.45) is 0. The van der Waals surface area contributed by atoms with E-state index in [2.05, 4.69) is 10.7 Å². The van der Waals surface area contributed by atoms with Gasteiger partial charge in [-0.3, -0.25) is 0 Å². The fourth-order valence-corrected chi connectivity index (χ4v) is 1.01. The highest BCUT2D eigenvalue weighted by atomic mass is 19.1. The molecule has 0 fully saturated rings. The van der Waals surface area contributed by atoms with Gasteiger partial charge in [-0.1, -0.05) is 5.92 Å². The Hall–Kier alpha value is -2.40. The minimum Gasteiger partial charge on any atom is -0.456 e. The number of hydrogen-bond donors (Lipinski definition) is 0. The van der Waals surface area contributed by atoms with Gasteiger partial charge in [0.1, 0.15) is 17.7 Å². The molecule has 0 bridgehead atoms. The van der Waals surface area contributed by atoms with Gasteiger partial charge in [0, 0.05) is 5.92 Å². The molecule has 0 saturated heterocycles. The number of ether oxygens (including phenoxy) is 1. The molecule has 0 atom stereocenters. The number of carbonyl (C=O) groups excluding carboxylic acids is 1. The van der Waals surface area contributed by atoms with Crippen LogP contribution in [0.3, 0.4) is 0 Å². The van der Waals surface area contributed by atoms with Crippen molar-refractivity contribution in [3.63, 3.8) is 0 Å². The normalized spacial score (nSPS) is 8.82. The van der Waals surface area contributed by atoms with Crippen molar-refractivity contribution in [2.45, 2.75) is 6.92 Å². The molecule has 0 N–H and O–H groups in total. The molecule has 0 aliphatic heterocycles. The Morgan fingerprint density at radius 2 is 1.94 bits per heavy atom. The van der Waals surface area contributed by atoms with E-state index < -0.39 is 23.2 Å². The lowest BCUT2D eigenvalue weighted by molar-refractivity contribution is -0.136. The number of nitrogens with zero attached hydrogens (tertiary/aromatic N) is 1. The van der Waals surface area contributed by atoms with Crippen molar-refractivity contribution in [1.82, 2.24) is 0 Å². The van der Waals surface area contributed by atoms with E-state index in [4.69, 9.17) is 5.26 Å². The third-order valence-corrected chi connectivity index (χ3v) is 1.75. The van der Waals surface area contributed by atoms with E-state index in [1.165, 1.54) is 6.07 Å². The molecule has 1 rings (SSSR count). The lowest BCUT2D eigenvalue weighted by atomic mass is 10.1. The Morgan fingerprint density at radius 1 is 1.35 bits per heavy atom. The van der Waals surface area contributed by atoms with E-state index in [9.17, 15) is 13.6 Å². The van der Waals surface area contributed by atoms with Crippen LogP contribution in [0.5, 0.6) is 0 Å². The highest BCUT2D eigenvalue weighted by Gasteiger charge is 2.08. The van der Waals surface area contributed by atoms with E-state index in [1.54, 1.807) is 6.92 Å². The largest absolute Gasteiger partial charge is 0.456 e. The predicted molar refractivity (Wildman–Crippen MR) is 54.6 cm³/mol. The van der Waals surface area contributed by atoms with Gasteiger partial charge in [0.2, 0.25) is 0 Å². The van der Waals surface area contributed by atoms with Crippen LogP contribution >= 0.6 is 0 Å². The summed E-state index contributed by atoms with van der Waals surface area (Å²) in [6.45, 7) is 1.75. The summed E-state index contributed by atoms with van der Waals surface area (Å²) >= 11 is 0. The Bertz CT molecular complexity index is 550. The van der Waals surface area contributed by atoms with Crippen LogP contribution in [0.15, 0.2) is 12.1 Å². The van der Waals surface area contributed by atoms with Crippen LogP contribution in [0.4, 0.5) is 8.78 Å². The number of halogens is 2. The molecule has 1 aromatic carbocycles. The first-order valence-electron chi connectivity index (χ1n) is 4.66. The van der Waals surface area contributed by atoms with E-state index in [-0.39, 0.29) is 12.2 Å². The molecule has 0 radical (unpaired) electrons. The molecule has 0 aromatic heterocycles. The average molecular weight is 235 g/mol. The van der Waals surface area contributed by atoms with Gasteiger partial charge in [0.15, 0.2) is 0 Å². The third kappa shape index (κ3) is 3.29. The first-order valence-corrected chi connectivity index (χ1v) is 4.66. The fourth-order valence-electron chi connectivity index (χ4n) is 1.01. The number of carbonyl (C=O) groups is 1. The quantitative estimate of drug-likeness (QED) is 0.550. The SMILES string of the molecule is CCOC(=O)C#Cc1cc(F)c(C#N)cc1F. The Kier molecular flexibility index (Phi) is 4.19. The lowest BCUT2D eigenvalue weighted by Gasteiger charge is -1.97. The maximum atomic E-state index is 13.3. The highest BCUT2D eigenvalue weighted by molar-refractivity contribution is 5.89. The van der Waals surface area contributed by atoms with Gasteiger partial charge < -0.3 is 4.74 Å². The Balaban J connectivity index is 3.05. The Morgan fingerprint density at radius 3 is 2.53 bits per heavy atom. The molecule has 0 aliphatic rings. The van der Waals surface area contributed by atoms with Crippen molar-refractivity contribution in [2.75, 3.05) is 6.61 Å². The van der Waals surface area contributed by atoms with Crippen molar-refractivity contribution in [3.05, 3.63) is 34.9 Å². The summed E-state index contributed by atoms with van der Waals surface area (Å²) in [5.41, 5.74) is -0.710. The molecular weight excluding hydrogens is 228 g/mol. The van der Waals surface area contributed by atoms with E-state index in [1.807, 2.05) is 5.92 Å². The molecular formula is C12H7F2NO2. The molecule has 86 valence electrons. The summed E-state index contributed by atoms with van der Waals surface area (Å²) in [5.74, 6) is 1.57. The summed E-state index contributed by atoms with van der Waals surface area (Å²) in [6, 6.07) is 2.98. The lowest BCUT2D eigenvalue weighted by Crippen LogP contribution is -2.00. The monoisotopic (exact) mass is 235 g/mol. The van der Waals surface area contributed by atoms with Gasteiger partial charge >= 0.3 is 5.97 Å². The van der Waals surface area contributed by atoms with Gasteiger partial charge in [0.05, 0.1) is 17.7 Å². The van der Waals surface area contributed by atoms with E-state index >= 15 is 0 Å². The van der Waals surface area contributed by atoms with Gasteiger partial charge in [-0.25, -0.2) is 13.6 Å². The Labute approximate surface area is 96.6 Å². The average Bonchev–Trinajstić information content (AvgIpc) is 2.30. The van der Waals surface area contributed by atoms with Gasteiger partial charge in [-0.2, -0.15) is 5.26 Å². The van der Waals surface area contributed by atoms with Crippen LogP contribution in [0.2, 0.25) is 0 Å². The smallest absolute Gasteiger partial charge is 0.384 e. The minimum absolute atomic E-state index is 0.151. The zero-order valence-corrected chi connectivity index (χ0v) is 8.88. The van der Waals surface area contributed by atoms with Gasteiger partial charge in [-0.05, 0) is 19.1 Å². The van der Waals surface area contributed by atoms with E-state index in [0.717, 1.165) is 12.1 Å². The topological polar surface area (TPSA) is 50.1 Å². The fraction of sp³-hybridized carbons (Fsp3) is 0.167. The van der Waals surface area contributed by atoms with Crippen molar-refractivity contribution in [3.8, 4) is 17.9 Å². The van der Waals surface area contributed by atoms with Crippen LogP contribution in [0, 0.1) is 34.8 Å². The van der Waals surface area contributed by atoms with Crippen molar-refractivity contribution < 1.29 is 18.3 Å².